The van der Waals surface area contributed by atoms with E-state index < -0.39 is 0 Å². The van der Waals surface area contributed by atoms with Gasteiger partial charge in [0.25, 0.3) is 5.91 Å². The van der Waals surface area contributed by atoms with Crippen molar-refractivity contribution in [2.75, 3.05) is 58.5 Å². The molecule has 0 bridgehead atoms. The molecule has 0 N–H and O–H groups in total. The highest BCUT2D eigenvalue weighted by Crippen LogP contribution is 2.40. The van der Waals surface area contributed by atoms with E-state index in [1.54, 1.807) is 36.1 Å². The van der Waals surface area contributed by atoms with E-state index in [0.717, 1.165) is 24.3 Å². The van der Waals surface area contributed by atoms with E-state index in [9.17, 15) is 4.79 Å². The van der Waals surface area contributed by atoms with E-state index in [1.165, 1.54) is 11.3 Å². The number of aromatic nitrogens is 3. The molecular formula is C20H25N5O4S. The molecule has 0 saturated carbocycles. The lowest BCUT2D eigenvalue weighted by molar-refractivity contribution is 0.0390. The minimum atomic E-state index is -0.187. The van der Waals surface area contributed by atoms with Crippen LogP contribution in [0.4, 0.5) is 5.13 Å². The number of thiazole rings is 1. The Bertz CT molecular complexity index is 987. The number of fused-ring (bicyclic) bond motifs is 1. The maximum Gasteiger partial charge on any atom is 0.296 e. The van der Waals surface area contributed by atoms with Gasteiger partial charge in [0.05, 0.1) is 27.4 Å². The number of carbonyl (C=O) groups excluding carboxylic acids is 1. The van der Waals surface area contributed by atoms with Gasteiger partial charge in [0.2, 0.25) is 0 Å². The summed E-state index contributed by atoms with van der Waals surface area (Å²) in [5.74, 6) is 1.53. The third kappa shape index (κ3) is 3.98. The highest BCUT2D eigenvalue weighted by atomic mass is 32.1. The number of carbonyl (C=O) groups is 1. The zero-order valence-corrected chi connectivity index (χ0v) is 18.1. The summed E-state index contributed by atoms with van der Waals surface area (Å²) < 4.78 is 19.0. The molecule has 0 unspecified atom stereocenters. The first-order chi connectivity index (χ1) is 14.6. The largest absolute Gasteiger partial charge is 0.495 e. The Balaban J connectivity index is 1.71. The minimum absolute atomic E-state index is 0.187. The molecule has 1 fully saturated rings. The Morgan fingerprint density at radius 3 is 2.63 bits per heavy atom. The average molecular weight is 432 g/mol. The average Bonchev–Trinajstić information content (AvgIpc) is 3.40. The number of hydrogen-bond acceptors (Lipinski definition) is 8. The van der Waals surface area contributed by atoms with Crippen LogP contribution in [-0.2, 0) is 11.8 Å². The molecule has 2 aromatic heterocycles. The number of imidazole rings is 1. The van der Waals surface area contributed by atoms with Crippen molar-refractivity contribution in [3.05, 3.63) is 30.4 Å². The van der Waals surface area contributed by atoms with Crippen molar-refractivity contribution >= 4 is 32.6 Å². The van der Waals surface area contributed by atoms with Crippen LogP contribution in [0.15, 0.2) is 24.5 Å². The number of hydrogen-bond donors (Lipinski definition) is 0. The molecule has 9 nitrogen and oxygen atoms in total. The number of rotatable bonds is 7. The van der Waals surface area contributed by atoms with Crippen LogP contribution in [0.2, 0.25) is 0 Å². The number of morpholine rings is 1. The quantitative estimate of drug-likeness (QED) is 0.566. The van der Waals surface area contributed by atoms with E-state index in [0.29, 0.717) is 47.7 Å². The molecule has 30 heavy (non-hydrogen) atoms. The second-order valence-electron chi connectivity index (χ2n) is 6.92. The van der Waals surface area contributed by atoms with Crippen molar-refractivity contribution in [3.63, 3.8) is 0 Å². The van der Waals surface area contributed by atoms with Crippen LogP contribution in [0.5, 0.6) is 11.5 Å². The van der Waals surface area contributed by atoms with E-state index in [4.69, 9.17) is 19.2 Å². The molecule has 0 spiro atoms. The summed E-state index contributed by atoms with van der Waals surface area (Å²) in [4.78, 5) is 26.4. The van der Waals surface area contributed by atoms with Gasteiger partial charge in [0.15, 0.2) is 11.0 Å². The van der Waals surface area contributed by atoms with E-state index in [-0.39, 0.29) is 5.91 Å². The number of nitrogens with zero attached hydrogens (tertiary/aromatic N) is 5. The molecule has 10 heteroatoms. The van der Waals surface area contributed by atoms with Gasteiger partial charge in [-0.25, -0.2) is 9.97 Å². The Labute approximate surface area is 178 Å². The summed E-state index contributed by atoms with van der Waals surface area (Å²) >= 11 is 1.41. The van der Waals surface area contributed by atoms with Gasteiger partial charge in [-0.3, -0.25) is 14.6 Å². The van der Waals surface area contributed by atoms with E-state index in [1.807, 2.05) is 19.2 Å². The molecule has 1 aromatic carbocycles. The fourth-order valence-electron chi connectivity index (χ4n) is 3.43. The van der Waals surface area contributed by atoms with Crippen molar-refractivity contribution < 1.29 is 19.0 Å². The molecule has 0 aliphatic carbocycles. The normalized spacial score (nSPS) is 14.8. The zero-order valence-electron chi connectivity index (χ0n) is 17.3. The van der Waals surface area contributed by atoms with Crippen molar-refractivity contribution in [1.29, 1.82) is 0 Å². The number of aryl methyl sites for hydroxylation is 1. The van der Waals surface area contributed by atoms with Gasteiger partial charge in [0.1, 0.15) is 21.7 Å². The fraction of sp³-hybridized carbons (Fsp3) is 0.450. The third-order valence-corrected chi connectivity index (χ3v) is 6.22. The SMILES string of the molecule is COc1ccc(OC)c2sc(N(CCN3CCOCC3)C(=O)c3nccn3C)nc12. The third-order valence-electron chi connectivity index (χ3n) is 5.13. The first-order valence-corrected chi connectivity index (χ1v) is 10.5. The van der Waals surface area contributed by atoms with Gasteiger partial charge >= 0.3 is 0 Å². The highest BCUT2D eigenvalue weighted by molar-refractivity contribution is 7.22. The van der Waals surface area contributed by atoms with E-state index >= 15 is 0 Å². The summed E-state index contributed by atoms with van der Waals surface area (Å²) in [7, 11) is 5.04. The Morgan fingerprint density at radius 2 is 1.97 bits per heavy atom. The number of methoxy groups -OCH3 is 2. The molecule has 4 rings (SSSR count). The molecule has 1 aliphatic heterocycles. The van der Waals surface area contributed by atoms with Gasteiger partial charge < -0.3 is 18.8 Å². The fourth-order valence-corrected chi connectivity index (χ4v) is 4.53. The van der Waals surface area contributed by atoms with Crippen molar-refractivity contribution in [3.8, 4) is 11.5 Å². The molecule has 1 amide bonds. The highest BCUT2D eigenvalue weighted by Gasteiger charge is 2.26. The Kier molecular flexibility index (Phi) is 6.16. The van der Waals surface area contributed by atoms with Gasteiger partial charge in [0, 0.05) is 45.6 Å². The molecule has 1 aliphatic rings. The van der Waals surface area contributed by atoms with E-state index in [2.05, 4.69) is 9.88 Å². The van der Waals surface area contributed by atoms with Gasteiger partial charge in [-0.15, -0.1) is 0 Å². The number of benzene rings is 1. The van der Waals surface area contributed by atoms with Crippen LogP contribution in [0, 0.1) is 0 Å². The summed E-state index contributed by atoms with van der Waals surface area (Å²) in [5.41, 5.74) is 0.681. The molecule has 0 atom stereocenters. The van der Waals surface area contributed by atoms with Gasteiger partial charge in [-0.1, -0.05) is 11.3 Å². The first kappa shape index (κ1) is 20.6. The molecule has 1 saturated heterocycles. The lowest BCUT2D eigenvalue weighted by atomic mass is 10.3. The molecule has 0 radical (unpaired) electrons. The summed E-state index contributed by atoms with van der Waals surface area (Å²) in [5, 5.41) is 0.592. The standard InChI is InChI=1S/C20H25N5O4S/c1-23-7-6-21-18(23)19(26)25(9-8-24-10-12-29-13-11-24)20-22-16-14(27-2)4-5-15(28-3)17(16)30-20/h4-7H,8-13H2,1-3H3. The van der Waals surface area contributed by atoms with Gasteiger partial charge in [-0.2, -0.15) is 0 Å². The molecule has 3 aromatic rings. The van der Waals surface area contributed by atoms with Crippen molar-refractivity contribution in [2.24, 2.45) is 7.05 Å². The predicted octanol–water partition coefficient (Wildman–Crippen LogP) is 2.03. The lowest BCUT2D eigenvalue weighted by Gasteiger charge is -2.29. The number of amides is 1. The topological polar surface area (TPSA) is 82.0 Å². The Hall–Kier alpha value is -2.69. The Morgan fingerprint density at radius 1 is 1.23 bits per heavy atom. The minimum Gasteiger partial charge on any atom is -0.495 e. The smallest absolute Gasteiger partial charge is 0.296 e. The lowest BCUT2D eigenvalue weighted by Crippen LogP contribution is -2.43. The van der Waals surface area contributed by atoms with Crippen LogP contribution in [0.25, 0.3) is 10.2 Å². The van der Waals surface area contributed by atoms with Crippen molar-refractivity contribution in [1.82, 2.24) is 19.4 Å². The maximum absolute atomic E-state index is 13.4. The molecule has 160 valence electrons. The summed E-state index contributed by atoms with van der Waals surface area (Å²) in [6.07, 6.45) is 3.38. The van der Waals surface area contributed by atoms with Crippen LogP contribution >= 0.6 is 11.3 Å². The predicted molar refractivity (Wildman–Crippen MR) is 115 cm³/mol. The van der Waals surface area contributed by atoms with Crippen LogP contribution in [-0.4, -0.2) is 79.0 Å². The molecule has 3 heterocycles. The number of ether oxygens (including phenoxy) is 3. The number of anilines is 1. The van der Waals surface area contributed by atoms with Crippen molar-refractivity contribution in [2.45, 2.75) is 0 Å². The maximum atomic E-state index is 13.4. The second-order valence-corrected chi connectivity index (χ2v) is 7.89. The first-order valence-electron chi connectivity index (χ1n) is 9.73. The zero-order chi connectivity index (χ0) is 21.1. The van der Waals surface area contributed by atoms with Crippen LogP contribution in [0.1, 0.15) is 10.6 Å². The van der Waals surface area contributed by atoms with Crippen LogP contribution in [0.3, 0.4) is 0 Å². The van der Waals surface area contributed by atoms with Gasteiger partial charge in [-0.05, 0) is 12.1 Å². The molecular weight excluding hydrogens is 406 g/mol. The summed E-state index contributed by atoms with van der Waals surface area (Å²) in [6.45, 7) is 4.35. The van der Waals surface area contributed by atoms with Crippen LogP contribution < -0.4 is 14.4 Å². The second kappa shape index (κ2) is 8.99. The summed E-state index contributed by atoms with van der Waals surface area (Å²) in [6, 6.07) is 3.67. The monoisotopic (exact) mass is 431 g/mol.